The van der Waals surface area contributed by atoms with Gasteiger partial charge in [0.25, 0.3) is 0 Å². The molecule has 4 heteroatoms. The molecule has 88 valence electrons. The number of aromatic nitrogens is 2. The standard InChI is InChI=1S/C13H15N3O/c1-9-5-3-4-6-11(9)7-16-8-12(10(2)17)13(14)15-16/h3-6,8H,7H2,1-2H3,(H2,14,15). The lowest BCUT2D eigenvalue weighted by molar-refractivity contribution is 0.101. The van der Waals surface area contributed by atoms with Gasteiger partial charge in [-0.05, 0) is 25.0 Å². The van der Waals surface area contributed by atoms with Crippen molar-refractivity contribution in [2.45, 2.75) is 20.4 Å². The molecule has 2 N–H and O–H groups in total. The van der Waals surface area contributed by atoms with E-state index in [1.807, 2.05) is 31.2 Å². The van der Waals surface area contributed by atoms with Gasteiger partial charge in [0.2, 0.25) is 0 Å². The van der Waals surface area contributed by atoms with Gasteiger partial charge in [-0.25, -0.2) is 0 Å². The highest BCUT2D eigenvalue weighted by Crippen LogP contribution is 2.13. The maximum atomic E-state index is 11.3. The topological polar surface area (TPSA) is 60.9 Å². The van der Waals surface area contributed by atoms with E-state index in [0.717, 1.165) is 0 Å². The van der Waals surface area contributed by atoms with Crippen molar-refractivity contribution in [1.29, 1.82) is 0 Å². The minimum absolute atomic E-state index is 0.0569. The monoisotopic (exact) mass is 229 g/mol. The lowest BCUT2D eigenvalue weighted by Gasteiger charge is -2.04. The zero-order chi connectivity index (χ0) is 12.4. The normalized spacial score (nSPS) is 10.5. The number of nitrogens with two attached hydrogens (primary N) is 1. The molecule has 0 bridgehead atoms. The number of nitrogen functional groups attached to an aromatic ring is 1. The summed E-state index contributed by atoms with van der Waals surface area (Å²) in [5.41, 5.74) is 8.54. The average Bonchev–Trinajstić information content (AvgIpc) is 2.63. The summed E-state index contributed by atoms with van der Waals surface area (Å²) in [4.78, 5) is 11.3. The number of Topliss-reactive ketones (excluding diaryl/α,β-unsaturated/α-hetero) is 1. The first-order valence-electron chi connectivity index (χ1n) is 5.46. The summed E-state index contributed by atoms with van der Waals surface area (Å²) in [6.07, 6.45) is 1.70. The van der Waals surface area contributed by atoms with Crippen molar-refractivity contribution in [2.75, 3.05) is 5.73 Å². The van der Waals surface area contributed by atoms with Crippen LogP contribution in [0.5, 0.6) is 0 Å². The molecule has 0 atom stereocenters. The summed E-state index contributed by atoms with van der Waals surface area (Å²) in [5, 5.41) is 4.14. The lowest BCUT2D eigenvalue weighted by atomic mass is 10.1. The van der Waals surface area contributed by atoms with Crippen LogP contribution in [0, 0.1) is 6.92 Å². The third-order valence-electron chi connectivity index (χ3n) is 2.76. The largest absolute Gasteiger partial charge is 0.382 e. The predicted octanol–water partition coefficient (Wildman–Crippen LogP) is 2.02. The van der Waals surface area contributed by atoms with E-state index in [9.17, 15) is 4.79 Å². The molecular formula is C13H15N3O. The van der Waals surface area contributed by atoms with E-state index < -0.39 is 0 Å². The zero-order valence-electron chi connectivity index (χ0n) is 9.97. The summed E-state index contributed by atoms with van der Waals surface area (Å²) in [5.74, 6) is 0.240. The first-order chi connectivity index (χ1) is 8.08. The van der Waals surface area contributed by atoms with E-state index in [1.165, 1.54) is 18.1 Å². The molecule has 0 radical (unpaired) electrons. The minimum atomic E-state index is -0.0569. The Morgan fingerprint density at radius 3 is 2.71 bits per heavy atom. The van der Waals surface area contributed by atoms with Gasteiger partial charge < -0.3 is 5.73 Å². The highest BCUT2D eigenvalue weighted by Gasteiger charge is 2.10. The molecule has 0 aliphatic heterocycles. The molecular weight excluding hydrogens is 214 g/mol. The molecule has 17 heavy (non-hydrogen) atoms. The fourth-order valence-corrected chi connectivity index (χ4v) is 1.75. The number of hydrogen-bond acceptors (Lipinski definition) is 3. The van der Waals surface area contributed by atoms with Gasteiger partial charge in [0.05, 0.1) is 12.1 Å². The Kier molecular flexibility index (Phi) is 2.95. The first-order valence-corrected chi connectivity index (χ1v) is 5.46. The molecule has 0 unspecified atom stereocenters. The molecule has 1 aromatic carbocycles. The van der Waals surface area contributed by atoms with Gasteiger partial charge in [-0.1, -0.05) is 24.3 Å². The van der Waals surface area contributed by atoms with Gasteiger partial charge in [-0.15, -0.1) is 0 Å². The number of rotatable bonds is 3. The maximum absolute atomic E-state index is 11.3. The average molecular weight is 229 g/mol. The Morgan fingerprint density at radius 2 is 2.12 bits per heavy atom. The van der Waals surface area contributed by atoms with E-state index in [-0.39, 0.29) is 5.78 Å². The van der Waals surface area contributed by atoms with Crippen molar-refractivity contribution in [3.8, 4) is 0 Å². The van der Waals surface area contributed by atoms with Crippen molar-refractivity contribution in [2.24, 2.45) is 0 Å². The Labute approximate surface area is 100 Å². The number of benzene rings is 1. The number of carbonyl (C=O) groups excluding carboxylic acids is 1. The highest BCUT2D eigenvalue weighted by atomic mass is 16.1. The van der Waals surface area contributed by atoms with Gasteiger partial charge >= 0.3 is 0 Å². The van der Waals surface area contributed by atoms with Crippen LogP contribution < -0.4 is 5.73 Å². The number of hydrogen-bond donors (Lipinski definition) is 1. The van der Waals surface area contributed by atoms with Crippen molar-refractivity contribution in [1.82, 2.24) is 9.78 Å². The van der Waals surface area contributed by atoms with Crippen LogP contribution in [0.15, 0.2) is 30.5 Å². The molecule has 0 aliphatic rings. The first kappa shape index (κ1) is 11.4. The van der Waals surface area contributed by atoms with Gasteiger partial charge in [-0.2, -0.15) is 5.10 Å². The zero-order valence-corrected chi connectivity index (χ0v) is 9.97. The van der Waals surface area contributed by atoms with Crippen LogP contribution in [0.3, 0.4) is 0 Å². The van der Waals surface area contributed by atoms with Gasteiger partial charge in [0, 0.05) is 6.20 Å². The van der Waals surface area contributed by atoms with Crippen LogP contribution in [0.2, 0.25) is 0 Å². The molecule has 1 aromatic heterocycles. The molecule has 0 fully saturated rings. The Balaban J connectivity index is 2.28. The van der Waals surface area contributed by atoms with E-state index in [2.05, 4.69) is 5.10 Å². The second kappa shape index (κ2) is 4.41. The number of ketones is 1. The predicted molar refractivity (Wildman–Crippen MR) is 66.9 cm³/mol. The molecule has 0 amide bonds. The van der Waals surface area contributed by atoms with Crippen molar-refractivity contribution in [3.63, 3.8) is 0 Å². The number of anilines is 1. The van der Waals surface area contributed by atoms with Crippen LogP contribution in [0.25, 0.3) is 0 Å². The summed E-state index contributed by atoms with van der Waals surface area (Å²) in [6.45, 7) is 4.17. The third-order valence-corrected chi connectivity index (χ3v) is 2.76. The van der Waals surface area contributed by atoms with Crippen molar-refractivity contribution in [3.05, 3.63) is 47.2 Å². The molecule has 0 saturated heterocycles. The molecule has 0 spiro atoms. The van der Waals surface area contributed by atoms with Gasteiger partial charge in [-0.3, -0.25) is 9.48 Å². The molecule has 1 heterocycles. The molecule has 0 saturated carbocycles. The quantitative estimate of drug-likeness (QED) is 0.819. The molecule has 2 aromatic rings. The van der Waals surface area contributed by atoms with Crippen LogP contribution in [-0.4, -0.2) is 15.6 Å². The smallest absolute Gasteiger partial charge is 0.165 e. The van der Waals surface area contributed by atoms with Crippen molar-refractivity contribution < 1.29 is 4.79 Å². The van der Waals surface area contributed by atoms with Crippen LogP contribution >= 0.6 is 0 Å². The Hall–Kier alpha value is -2.10. The van der Waals surface area contributed by atoms with E-state index in [1.54, 1.807) is 10.9 Å². The highest BCUT2D eigenvalue weighted by molar-refractivity contribution is 5.97. The van der Waals surface area contributed by atoms with E-state index in [0.29, 0.717) is 17.9 Å². The molecule has 2 rings (SSSR count). The summed E-state index contributed by atoms with van der Waals surface area (Å²) in [6, 6.07) is 8.08. The van der Waals surface area contributed by atoms with Crippen LogP contribution in [0.4, 0.5) is 5.82 Å². The number of aryl methyl sites for hydroxylation is 1. The van der Waals surface area contributed by atoms with Gasteiger partial charge in [0.15, 0.2) is 11.6 Å². The summed E-state index contributed by atoms with van der Waals surface area (Å²) in [7, 11) is 0. The van der Waals surface area contributed by atoms with Crippen LogP contribution in [0.1, 0.15) is 28.4 Å². The van der Waals surface area contributed by atoms with E-state index in [4.69, 9.17) is 5.73 Å². The second-order valence-electron chi connectivity index (χ2n) is 4.11. The Morgan fingerprint density at radius 1 is 1.41 bits per heavy atom. The van der Waals surface area contributed by atoms with Crippen molar-refractivity contribution >= 4 is 11.6 Å². The lowest BCUT2D eigenvalue weighted by Crippen LogP contribution is -2.02. The third kappa shape index (κ3) is 2.36. The van der Waals surface area contributed by atoms with E-state index >= 15 is 0 Å². The second-order valence-corrected chi connectivity index (χ2v) is 4.11. The SMILES string of the molecule is CC(=O)c1cn(Cc2ccccc2C)nc1N. The Bertz CT molecular complexity index is 558. The maximum Gasteiger partial charge on any atom is 0.165 e. The fourth-order valence-electron chi connectivity index (χ4n) is 1.75. The van der Waals surface area contributed by atoms with Crippen LogP contribution in [-0.2, 0) is 6.54 Å². The number of nitrogens with zero attached hydrogens (tertiary/aromatic N) is 2. The fraction of sp³-hybridized carbons (Fsp3) is 0.231. The molecule has 0 aliphatic carbocycles. The molecule has 4 nitrogen and oxygen atoms in total. The summed E-state index contributed by atoms with van der Waals surface area (Å²) >= 11 is 0. The van der Waals surface area contributed by atoms with Gasteiger partial charge in [0.1, 0.15) is 0 Å². The number of carbonyl (C=O) groups is 1. The minimum Gasteiger partial charge on any atom is -0.382 e. The summed E-state index contributed by atoms with van der Waals surface area (Å²) < 4.78 is 1.70.